The lowest BCUT2D eigenvalue weighted by Gasteiger charge is -2.07. The lowest BCUT2D eigenvalue weighted by atomic mass is 10.1. The third-order valence-electron chi connectivity index (χ3n) is 2.66. The molecule has 4 heteroatoms. The van der Waals surface area contributed by atoms with Gasteiger partial charge in [0.25, 0.3) is 0 Å². The molecule has 0 atom stereocenters. The number of ketones is 1. The monoisotopic (exact) mass is 262 g/mol. The zero-order valence-corrected chi connectivity index (χ0v) is 10.3. The van der Waals surface area contributed by atoms with Crippen molar-refractivity contribution in [3.05, 3.63) is 65.2 Å². The summed E-state index contributed by atoms with van der Waals surface area (Å²) in [6.07, 6.45) is 0. The van der Waals surface area contributed by atoms with Crippen LogP contribution in [0.4, 0.5) is 8.78 Å². The summed E-state index contributed by atoms with van der Waals surface area (Å²) in [6.45, 7) is 1.40. The third-order valence-corrected chi connectivity index (χ3v) is 2.66. The minimum absolute atomic E-state index is 0.0391. The maximum atomic E-state index is 13.4. The summed E-state index contributed by atoms with van der Waals surface area (Å²) in [4.78, 5) is 11.1. The summed E-state index contributed by atoms with van der Waals surface area (Å²) in [5.41, 5.74) is 0.722. The first kappa shape index (κ1) is 13.2. The molecule has 2 aromatic carbocycles. The van der Waals surface area contributed by atoms with Gasteiger partial charge in [-0.15, -0.1) is 0 Å². The van der Waals surface area contributed by atoms with Gasteiger partial charge in [0.15, 0.2) is 5.78 Å². The molecule has 2 nitrogen and oxygen atoms in total. The molecule has 0 radical (unpaired) electrons. The van der Waals surface area contributed by atoms with Crippen LogP contribution in [0.25, 0.3) is 0 Å². The molecule has 0 N–H and O–H groups in total. The predicted molar refractivity (Wildman–Crippen MR) is 67.1 cm³/mol. The highest BCUT2D eigenvalue weighted by Crippen LogP contribution is 2.16. The Hall–Kier alpha value is -2.23. The van der Waals surface area contributed by atoms with E-state index in [4.69, 9.17) is 4.74 Å². The van der Waals surface area contributed by atoms with Crippen molar-refractivity contribution < 1.29 is 18.3 Å². The molecular weight excluding hydrogens is 250 g/mol. The Balaban J connectivity index is 2.06. The van der Waals surface area contributed by atoms with E-state index in [-0.39, 0.29) is 18.0 Å². The van der Waals surface area contributed by atoms with Crippen molar-refractivity contribution in [3.8, 4) is 5.75 Å². The number of benzene rings is 2. The lowest BCUT2D eigenvalue weighted by Crippen LogP contribution is -2.00. The number of Topliss-reactive ketones (excluding diaryl/α,β-unsaturated/α-hetero) is 1. The molecule has 2 rings (SSSR count). The molecule has 0 fully saturated rings. The van der Waals surface area contributed by atoms with E-state index in [2.05, 4.69) is 0 Å². The van der Waals surface area contributed by atoms with Crippen molar-refractivity contribution in [1.29, 1.82) is 0 Å². The molecule has 0 amide bonds. The number of hydrogen-bond donors (Lipinski definition) is 0. The van der Waals surface area contributed by atoms with E-state index in [1.165, 1.54) is 6.92 Å². The summed E-state index contributed by atoms with van der Waals surface area (Å²) >= 11 is 0. The normalized spacial score (nSPS) is 10.3. The Bertz CT molecular complexity index is 592. The Morgan fingerprint density at radius 1 is 1.11 bits per heavy atom. The Morgan fingerprint density at radius 3 is 2.42 bits per heavy atom. The molecule has 0 unspecified atom stereocenters. The van der Waals surface area contributed by atoms with Gasteiger partial charge in [-0.25, -0.2) is 8.78 Å². The van der Waals surface area contributed by atoms with Gasteiger partial charge in [-0.3, -0.25) is 4.79 Å². The van der Waals surface area contributed by atoms with Crippen LogP contribution in [0.3, 0.4) is 0 Å². The van der Waals surface area contributed by atoms with E-state index in [1.54, 1.807) is 24.3 Å². The summed E-state index contributed by atoms with van der Waals surface area (Å²) < 4.78 is 31.7. The lowest BCUT2D eigenvalue weighted by molar-refractivity contribution is 0.101. The van der Waals surface area contributed by atoms with Gasteiger partial charge in [0.2, 0.25) is 0 Å². The number of ether oxygens (including phenoxy) is 1. The number of rotatable bonds is 4. The molecule has 0 heterocycles. The second kappa shape index (κ2) is 5.61. The van der Waals surface area contributed by atoms with Crippen LogP contribution in [0.2, 0.25) is 0 Å². The number of carbonyl (C=O) groups is 1. The van der Waals surface area contributed by atoms with E-state index < -0.39 is 11.6 Å². The van der Waals surface area contributed by atoms with Gasteiger partial charge < -0.3 is 4.74 Å². The molecule has 0 saturated carbocycles. The molecule has 0 bridgehead atoms. The van der Waals surface area contributed by atoms with E-state index >= 15 is 0 Å². The smallest absolute Gasteiger partial charge is 0.159 e. The molecular formula is C15H12F2O2. The van der Waals surface area contributed by atoms with E-state index in [1.807, 2.05) is 0 Å². The summed E-state index contributed by atoms with van der Waals surface area (Å²) in [7, 11) is 0. The van der Waals surface area contributed by atoms with Gasteiger partial charge in [0.05, 0.1) is 0 Å². The maximum Gasteiger partial charge on any atom is 0.159 e. The minimum atomic E-state index is -0.512. The first-order valence-corrected chi connectivity index (χ1v) is 5.74. The second-order valence-electron chi connectivity index (χ2n) is 4.10. The Kier molecular flexibility index (Phi) is 3.90. The van der Waals surface area contributed by atoms with E-state index in [0.717, 1.165) is 18.2 Å². The van der Waals surface area contributed by atoms with Crippen molar-refractivity contribution in [1.82, 2.24) is 0 Å². The van der Waals surface area contributed by atoms with Gasteiger partial charge in [-0.2, -0.15) is 0 Å². The van der Waals surface area contributed by atoms with Crippen molar-refractivity contribution >= 4 is 5.78 Å². The Labute approximate surface area is 109 Å². The molecule has 0 saturated heterocycles. The van der Waals surface area contributed by atoms with Gasteiger partial charge in [-0.05, 0) is 49.4 Å². The summed E-state index contributed by atoms with van der Waals surface area (Å²) in [5.74, 6) is -0.565. The van der Waals surface area contributed by atoms with Crippen molar-refractivity contribution in [2.24, 2.45) is 0 Å². The standard InChI is InChI=1S/C15H12F2O2/c1-10(18)11-2-5-14(6-3-11)19-9-12-8-13(16)4-7-15(12)17/h2-8H,9H2,1H3. The average Bonchev–Trinajstić information content (AvgIpc) is 2.40. The van der Waals surface area contributed by atoms with Crippen molar-refractivity contribution in [2.45, 2.75) is 13.5 Å². The second-order valence-corrected chi connectivity index (χ2v) is 4.10. The highest BCUT2D eigenvalue weighted by atomic mass is 19.1. The van der Waals surface area contributed by atoms with Crippen molar-refractivity contribution in [3.63, 3.8) is 0 Å². The minimum Gasteiger partial charge on any atom is -0.489 e. The van der Waals surface area contributed by atoms with Crippen LogP contribution in [0, 0.1) is 11.6 Å². The highest BCUT2D eigenvalue weighted by molar-refractivity contribution is 5.94. The molecule has 0 aliphatic heterocycles. The predicted octanol–water partition coefficient (Wildman–Crippen LogP) is 3.75. The summed E-state index contributed by atoms with van der Waals surface area (Å²) in [6, 6.07) is 9.70. The largest absolute Gasteiger partial charge is 0.489 e. The number of hydrogen-bond acceptors (Lipinski definition) is 2. The summed E-state index contributed by atoms with van der Waals surface area (Å²) in [5, 5.41) is 0. The third kappa shape index (κ3) is 3.37. The van der Waals surface area contributed by atoms with Crippen LogP contribution in [-0.4, -0.2) is 5.78 Å². The zero-order chi connectivity index (χ0) is 13.8. The zero-order valence-electron chi connectivity index (χ0n) is 10.3. The van der Waals surface area contributed by atoms with E-state index in [9.17, 15) is 13.6 Å². The highest BCUT2D eigenvalue weighted by Gasteiger charge is 2.05. The quantitative estimate of drug-likeness (QED) is 0.784. The fourth-order valence-corrected chi connectivity index (χ4v) is 1.60. The van der Waals surface area contributed by atoms with Crippen LogP contribution in [0.15, 0.2) is 42.5 Å². The fraction of sp³-hybridized carbons (Fsp3) is 0.133. The first-order chi connectivity index (χ1) is 9.06. The van der Waals surface area contributed by atoms with Crippen molar-refractivity contribution in [2.75, 3.05) is 0 Å². The number of halogens is 2. The van der Waals surface area contributed by atoms with Crippen LogP contribution < -0.4 is 4.74 Å². The SMILES string of the molecule is CC(=O)c1ccc(OCc2cc(F)ccc2F)cc1. The van der Waals surface area contributed by atoms with Crippen LogP contribution >= 0.6 is 0 Å². The molecule has 2 aromatic rings. The van der Waals surface area contributed by atoms with Gasteiger partial charge in [-0.1, -0.05) is 0 Å². The molecule has 19 heavy (non-hydrogen) atoms. The van der Waals surface area contributed by atoms with Crippen LogP contribution in [-0.2, 0) is 6.61 Å². The topological polar surface area (TPSA) is 26.3 Å². The number of carbonyl (C=O) groups excluding carboxylic acids is 1. The maximum absolute atomic E-state index is 13.4. The molecule has 0 spiro atoms. The average molecular weight is 262 g/mol. The molecule has 0 aromatic heterocycles. The van der Waals surface area contributed by atoms with Crippen LogP contribution in [0.1, 0.15) is 22.8 Å². The van der Waals surface area contributed by atoms with E-state index in [0.29, 0.717) is 11.3 Å². The molecule has 0 aliphatic rings. The van der Waals surface area contributed by atoms with Gasteiger partial charge >= 0.3 is 0 Å². The first-order valence-electron chi connectivity index (χ1n) is 5.74. The molecule has 98 valence electrons. The molecule has 0 aliphatic carbocycles. The Morgan fingerprint density at radius 2 is 1.79 bits per heavy atom. The van der Waals surface area contributed by atoms with Gasteiger partial charge in [0, 0.05) is 11.1 Å². The van der Waals surface area contributed by atoms with Gasteiger partial charge in [0.1, 0.15) is 24.0 Å². The van der Waals surface area contributed by atoms with Crippen LogP contribution in [0.5, 0.6) is 5.75 Å². The fourth-order valence-electron chi connectivity index (χ4n) is 1.60.